The van der Waals surface area contributed by atoms with E-state index < -0.39 is 19.7 Å². The summed E-state index contributed by atoms with van der Waals surface area (Å²) >= 11 is 24.4. The fraction of sp³-hybridized carbons (Fsp3) is 0.0550. The Balaban J connectivity index is 0.000000120. The van der Waals surface area contributed by atoms with E-state index in [2.05, 4.69) is 141 Å². The molecular formula is C109H87Cl4N19O5S2. The molecule has 2 amide bonds. The summed E-state index contributed by atoms with van der Waals surface area (Å²) in [5.74, 6) is 1.00. The number of nitrogens with zero attached hydrogens (tertiary/aromatic N) is 10. The minimum atomic E-state index is -3.12. The molecule has 139 heavy (non-hydrogen) atoms. The predicted molar refractivity (Wildman–Crippen MR) is 569 cm³/mol. The number of nitrogens with two attached hydrogens (primary N) is 1. The Morgan fingerprint density at radius 3 is 1.20 bits per heavy atom. The maximum absolute atomic E-state index is 11.6. The SMILES string of the molecule is CNC(=O)Nc1ccc(-c2ccc3nccc(Nc4cccc(Cl)c4)c3c2)cc1.CS(=O)(=O)Cc1cccc(-c2ccc3nccc(Nc4cccc(Cl)c4)c3c2)c1.CS(=O)(=O)Cc1cncc(-c2ccc3ncnc(NCc4ccccc4)c3c2)c1.Clc1cccc(Nc2ccnc3ccc(-c4cnc5[nH]ccc5c4)cc23)c1.Nc1ncc(-c2ccc3nccc(Nc4cccc(Cl)c4)c3c2)cn1. The molecule has 0 saturated carbocycles. The maximum Gasteiger partial charge on any atom is 0.318 e. The first-order valence-electron chi connectivity index (χ1n) is 43.6. The van der Waals surface area contributed by atoms with Crippen molar-refractivity contribution in [1.82, 2.24) is 60.1 Å². The first-order chi connectivity index (χ1) is 67.4. The van der Waals surface area contributed by atoms with Crippen LogP contribution < -0.4 is 43.0 Å². The van der Waals surface area contributed by atoms with Crippen LogP contribution >= 0.6 is 46.4 Å². The number of carbonyl (C=O) groups excluding carboxylic acids is 1. The Morgan fingerprint density at radius 1 is 0.338 bits per heavy atom. The van der Waals surface area contributed by atoms with Gasteiger partial charge in [-0.2, -0.15) is 0 Å². The molecule has 0 saturated heterocycles. The summed E-state index contributed by atoms with van der Waals surface area (Å²) in [6.07, 6.45) is 21.7. The zero-order valence-electron chi connectivity index (χ0n) is 74.8. The third kappa shape index (κ3) is 25.3. The Labute approximate surface area is 821 Å². The number of anilines is 11. The molecular weight excluding hydrogens is 1860 g/mol. The molecule has 21 aromatic rings. The highest BCUT2D eigenvalue weighted by atomic mass is 35.5. The van der Waals surface area contributed by atoms with Gasteiger partial charge in [0, 0.05) is 208 Å². The lowest BCUT2D eigenvalue weighted by molar-refractivity contribution is 0.254. The molecule has 10 N–H and O–H groups in total. The van der Waals surface area contributed by atoms with Crippen LogP contribution in [0.4, 0.5) is 67.7 Å². The van der Waals surface area contributed by atoms with Gasteiger partial charge in [-0.15, -0.1) is 0 Å². The number of halogens is 4. The number of urea groups is 1. The maximum atomic E-state index is 11.6. The third-order valence-electron chi connectivity index (χ3n) is 22.0. The van der Waals surface area contributed by atoms with Gasteiger partial charge in [0.1, 0.15) is 17.8 Å². The summed E-state index contributed by atoms with van der Waals surface area (Å²) in [5, 5.41) is 31.1. The number of nitrogen functional groups attached to an aromatic ring is 1. The number of benzene rings is 12. The topological polar surface area (TPSA) is 340 Å². The van der Waals surface area contributed by atoms with Crippen molar-refractivity contribution in [3.8, 4) is 55.6 Å². The normalized spacial score (nSPS) is 11.1. The largest absolute Gasteiger partial charge is 0.368 e. The molecule has 24 nitrogen and oxygen atoms in total. The number of sulfone groups is 2. The van der Waals surface area contributed by atoms with Gasteiger partial charge in [0.2, 0.25) is 5.95 Å². The Kier molecular flexibility index (Phi) is 29.6. The summed E-state index contributed by atoms with van der Waals surface area (Å²) in [6, 6.07) is 99.8. The van der Waals surface area contributed by atoms with Crippen molar-refractivity contribution >= 4 is 201 Å². The number of H-pyrrole nitrogens is 1. The van der Waals surface area contributed by atoms with Gasteiger partial charge in [-0.25, -0.2) is 46.6 Å². The van der Waals surface area contributed by atoms with E-state index in [0.717, 1.165) is 189 Å². The highest BCUT2D eigenvalue weighted by Gasteiger charge is 2.17. The second-order valence-electron chi connectivity index (χ2n) is 32.4. The molecule has 0 bridgehead atoms. The molecule has 30 heteroatoms. The predicted octanol–water partition coefficient (Wildman–Crippen LogP) is 26.6. The van der Waals surface area contributed by atoms with E-state index in [4.69, 9.17) is 52.1 Å². The number of hydrogen-bond donors (Lipinski definition) is 9. The minimum absolute atomic E-state index is 0.0253. The van der Waals surface area contributed by atoms with E-state index in [1.54, 1.807) is 56.8 Å². The van der Waals surface area contributed by atoms with E-state index in [-0.39, 0.29) is 23.5 Å². The van der Waals surface area contributed by atoms with Crippen LogP contribution in [-0.4, -0.2) is 97.2 Å². The number of rotatable bonds is 21. The molecule has 21 rings (SSSR count). The molecule has 9 heterocycles. The average Bonchev–Trinajstić information content (AvgIpc) is 1.70. The van der Waals surface area contributed by atoms with E-state index in [9.17, 15) is 21.6 Å². The first-order valence-corrected chi connectivity index (χ1v) is 49.2. The van der Waals surface area contributed by atoms with Crippen molar-refractivity contribution in [3.05, 3.63) is 414 Å². The molecule has 9 aromatic heterocycles. The number of nitrogens with one attached hydrogen (secondary N) is 8. The summed E-state index contributed by atoms with van der Waals surface area (Å²) in [6.45, 7) is 0.655. The fourth-order valence-corrected chi connectivity index (χ4v) is 17.8. The van der Waals surface area contributed by atoms with Crippen molar-refractivity contribution in [2.24, 2.45) is 0 Å². The number of carbonyl (C=O) groups is 1. The van der Waals surface area contributed by atoms with Crippen LogP contribution in [0.5, 0.6) is 0 Å². The third-order valence-corrected chi connectivity index (χ3v) is 24.7. The van der Waals surface area contributed by atoms with Crippen molar-refractivity contribution in [1.29, 1.82) is 0 Å². The molecule has 0 atom stereocenters. The number of aromatic nitrogens is 11. The van der Waals surface area contributed by atoms with Gasteiger partial charge < -0.3 is 47.9 Å². The quantitative estimate of drug-likeness (QED) is 0.0323. The zero-order chi connectivity index (χ0) is 96.4. The molecule has 0 fully saturated rings. The van der Waals surface area contributed by atoms with Crippen LogP contribution in [0.3, 0.4) is 0 Å². The van der Waals surface area contributed by atoms with Crippen LogP contribution in [0.1, 0.15) is 16.7 Å². The molecule has 688 valence electrons. The van der Waals surface area contributed by atoms with Gasteiger partial charge in [-0.05, 0) is 244 Å². The summed E-state index contributed by atoms with van der Waals surface area (Å²) < 4.78 is 46.5. The van der Waals surface area contributed by atoms with E-state index >= 15 is 0 Å². The fourth-order valence-electron chi connectivity index (χ4n) is 15.5. The molecule has 0 aliphatic carbocycles. The molecule has 0 spiro atoms. The van der Waals surface area contributed by atoms with Gasteiger partial charge in [0.05, 0.1) is 39.1 Å². The highest BCUT2D eigenvalue weighted by molar-refractivity contribution is 7.90. The minimum Gasteiger partial charge on any atom is -0.368 e. The number of pyridine rings is 6. The smallest absolute Gasteiger partial charge is 0.318 e. The van der Waals surface area contributed by atoms with Crippen molar-refractivity contribution in [2.45, 2.75) is 18.1 Å². The Morgan fingerprint density at radius 2 is 0.734 bits per heavy atom. The van der Waals surface area contributed by atoms with Gasteiger partial charge in [0.15, 0.2) is 19.7 Å². The number of amides is 2. The summed E-state index contributed by atoms with van der Waals surface area (Å²) in [7, 11) is -4.62. The Bertz CT molecular complexity index is 8310. The molecule has 0 aliphatic heterocycles. The van der Waals surface area contributed by atoms with Crippen LogP contribution in [0, 0.1) is 0 Å². The molecule has 0 unspecified atom stereocenters. The summed E-state index contributed by atoms with van der Waals surface area (Å²) in [5.41, 5.74) is 31.6. The lowest BCUT2D eigenvalue weighted by Crippen LogP contribution is -2.24. The van der Waals surface area contributed by atoms with Gasteiger partial charge in [-0.3, -0.25) is 24.9 Å². The van der Waals surface area contributed by atoms with Crippen LogP contribution in [-0.2, 0) is 37.7 Å². The van der Waals surface area contributed by atoms with Crippen molar-refractivity contribution in [3.63, 3.8) is 0 Å². The lowest BCUT2D eigenvalue weighted by atomic mass is 10.0. The first kappa shape index (κ1) is 94.4. The van der Waals surface area contributed by atoms with Gasteiger partial charge >= 0.3 is 6.03 Å². The van der Waals surface area contributed by atoms with Gasteiger partial charge in [0.25, 0.3) is 0 Å². The lowest BCUT2D eigenvalue weighted by Gasteiger charge is -2.12. The average molecular weight is 1950 g/mol. The zero-order valence-corrected chi connectivity index (χ0v) is 79.5. The number of fused-ring (bicyclic) bond motifs is 6. The van der Waals surface area contributed by atoms with E-state index in [0.29, 0.717) is 32.2 Å². The second-order valence-corrected chi connectivity index (χ2v) is 38.4. The highest BCUT2D eigenvalue weighted by Crippen LogP contribution is 2.38. The van der Waals surface area contributed by atoms with Gasteiger partial charge in [-0.1, -0.05) is 168 Å². The standard InChI is InChI=1S/C23H19ClN4O.C23H19ClN2O2S.C22H15ClN4.C22H20N4O2S.C19H14ClN5/c1-25-23(29)28-18-8-5-15(6-9-18)16-7-10-21-20(13-16)22(11-12-26-21)27-19-4-2-3-17(24)14-19;1-29(27,28)15-16-4-2-5-17(12-16)18-8-9-22-21(13-18)23(10-11-25-22)26-20-7-3-6-19(24)14-20;23-17-2-1-3-18(12-17)27-21-7-9-24-20-5-4-14(11-19(20)21)16-10-15-6-8-25-22(15)26-13-16;1-29(27,28)14-17-9-19(13-23-11-17)18-7-8-21-20(10-18)22(26-15-25-21)24-12-16-5-3-2-4-6-16;20-14-2-1-3-15(9-14)25-18-6-7-22-17-5-4-12(8-16(17)18)13-10-23-19(21)24-11-13/h2-14H,1H3,(H,26,27)(H2,25,28,29);2-14H,15H2,1H3,(H,25,26);1-13H,(H,24,27)(H,25,26);2-11,13,15H,12,14H2,1H3,(H,24,25,26);1-11H,(H,22,25)(H2,21,23,24). The van der Waals surface area contributed by atoms with E-state index in [1.165, 1.54) is 12.5 Å². The molecule has 12 aromatic carbocycles. The Hall–Kier alpha value is -16.3. The second kappa shape index (κ2) is 43.6. The van der Waals surface area contributed by atoms with Crippen LogP contribution in [0.25, 0.3) is 121 Å². The van der Waals surface area contributed by atoms with Crippen molar-refractivity contribution < 1.29 is 21.6 Å². The van der Waals surface area contributed by atoms with Crippen LogP contribution in [0.15, 0.2) is 378 Å². The number of hydrogen-bond acceptors (Lipinski definition) is 21. The van der Waals surface area contributed by atoms with Crippen molar-refractivity contribution in [2.75, 3.05) is 57.2 Å². The number of aromatic amines is 1. The monoisotopic (exact) mass is 1950 g/mol. The van der Waals surface area contributed by atoms with Crippen LogP contribution in [0.2, 0.25) is 20.1 Å². The van der Waals surface area contributed by atoms with E-state index in [1.807, 2.05) is 279 Å². The molecule has 0 aliphatic rings. The molecule has 0 radical (unpaired) electrons. The summed E-state index contributed by atoms with van der Waals surface area (Å²) in [4.78, 5) is 58.0.